The Bertz CT molecular complexity index is 900. The molecular formula is C15H11ClN2O4. The van der Waals surface area contributed by atoms with Crippen LogP contribution in [-0.4, -0.2) is 16.0 Å². The summed E-state index contributed by atoms with van der Waals surface area (Å²) in [5.41, 5.74) is 1.57. The minimum Gasteiger partial charge on any atom is -0.408 e. The fraction of sp³-hybridized carbons (Fsp3) is 0.0667. The lowest BCUT2D eigenvalue weighted by Gasteiger charge is -2.13. The number of nitrogens with one attached hydrogen (secondary N) is 2. The molecule has 7 heteroatoms. The smallest absolute Gasteiger partial charge is 0.408 e. The van der Waals surface area contributed by atoms with Gasteiger partial charge in [-0.05, 0) is 24.3 Å². The molecule has 3 aromatic rings. The topological polar surface area (TPSA) is 95.3 Å². The van der Waals surface area contributed by atoms with E-state index in [2.05, 4.69) is 10.3 Å². The maximum Gasteiger partial charge on any atom is 0.417 e. The van der Waals surface area contributed by atoms with Gasteiger partial charge in [-0.3, -0.25) is 9.78 Å². The van der Waals surface area contributed by atoms with E-state index >= 15 is 0 Å². The number of aromatic nitrogens is 1. The van der Waals surface area contributed by atoms with E-state index in [1.54, 1.807) is 36.4 Å². The maximum atomic E-state index is 12.1. The van der Waals surface area contributed by atoms with Crippen molar-refractivity contribution in [2.24, 2.45) is 0 Å². The van der Waals surface area contributed by atoms with Crippen LogP contribution >= 0.6 is 11.6 Å². The fourth-order valence-electron chi connectivity index (χ4n) is 2.08. The molecule has 1 atom stereocenters. The van der Waals surface area contributed by atoms with E-state index in [1.807, 2.05) is 0 Å². The number of aromatic amines is 1. The number of benzene rings is 2. The van der Waals surface area contributed by atoms with Crippen molar-refractivity contribution in [2.75, 3.05) is 5.32 Å². The normalized spacial score (nSPS) is 12.3. The average molecular weight is 319 g/mol. The molecule has 0 aliphatic carbocycles. The summed E-state index contributed by atoms with van der Waals surface area (Å²) in [6.07, 6.45) is -1.40. The van der Waals surface area contributed by atoms with E-state index in [0.29, 0.717) is 27.4 Å². The average Bonchev–Trinajstić information content (AvgIpc) is 2.86. The molecule has 3 rings (SSSR count). The van der Waals surface area contributed by atoms with Crippen LogP contribution in [0.1, 0.15) is 11.7 Å². The van der Waals surface area contributed by atoms with Gasteiger partial charge < -0.3 is 14.8 Å². The number of oxazole rings is 1. The third-order valence-electron chi connectivity index (χ3n) is 3.13. The molecular weight excluding hydrogens is 308 g/mol. The zero-order chi connectivity index (χ0) is 15.7. The first-order valence-electron chi connectivity index (χ1n) is 6.41. The quantitative estimate of drug-likeness (QED) is 0.691. The molecule has 6 nitrogen and oxygen atoms in total. The minimum atomic E-state index is -1.40. The number of carbonyl (C=O) groups excluding carboxylic acids is 1. The molecule has 0 saturated heterocycles. The molecule has 0 radical (unpaired) electrons. The molecule has 0 aliphatic rings. The SMILES string of the molecule is O=C(Nc1ccc2oc(=O)[nH]c2c1)[C@H](O)c1ccccc1Cl. The molecule has 1 amide bonds. The Balaban J connectivity index is 1.83. The summed E-state index contributed by atoms with van der Waals surface area (Å²) < 4.78 is 4.87. The van der Waals surface area contributed by atoms with E-state index in [1.165, 1.54) is 6.07 Å². The summed E-state index contributed by atoms with van der Waals surface area (Å²) in [6.45, 7) is 0. The number of fused-ring (bicyclic) bond motifs is 1. The molecule has 1 heterocycles. The number of aliphatic hydroxyl groups is 1. The first kappa shape index (κ1) is 14.4. The van der Waals surface area contributed by atoms with Crippen molar-refractivity contribution in [1.29, 1.82) is 0 Å². The van der Waals surface area contributed by atoms with Gasteiger partial charge in [0, 0.05) is 16.3 Å². The molecule has 0 unspecified atom stereocenters. The van der Waals surface area contributed by atoms with Crippen LogP contribution in [0.25, 0.3) is 11.1 Å². The van der Waals surface area contributed by atoms with Crippen LogP contribution in [0.4, 0.5) is 5.69 Å². The van der Waals surface area contributed by atoms with Crippen molar-refractivity contribution in [2.45, 2.75) is 6.10 Å². The summed E-state index contributed by atoms with van der Waals surface area (Å²) in [6, 6.07) is 11.2. The standard InChI is InChI=1S/C15H11ClN2O4/c16-10-4-2-1-3-9(10)13(19)14(20)17-8-5-6-12-11(7-8)18-15(21)22-12/h1-7,13,19H,(H,17,20)(H,18,21)/t13-/m1/s1. The number of amides is 1. The number of H-pyrrole nitrogens is 1. The highest BCUT2D eigenvalue weighted by Crippen LogP contribution is 2.24. The molecule has 0 aliphatic heterocycles. The third kappa shape index (κ3) is 2.74. The highest BCUT2D eigenvalue weighted by atomic mass is 35.5. The van der Waals surface area contributed by atoms with E-state index < -0.39 is 17.8 Å². The number of anilines is 1. The van der Waals surface area contributed by atoms with E-state index in [9.17, 15) is 14.7 Å². The summed E-state index contributed by atoms with van der Waals surface area (Å²) in [5, 5.41) is 12.9. The van der Waals surface area contributed by atoms with Crippen molar-refractivity contribution in [3.05, 3.63) is 63.6 Å². The van der Waals surface area contributed by atoms with Crippen LogP contribution in [-0.2, 0) is 4.79 Å². The highest BCUT2D eigenvalue weighted by molar-refractivity contribution is 6.31. The number of halogens is 1. The van der Waals surface area contributed by atoms with Crippen molar-refractivity contribution < 1.29 is 14.3 Å². The zero-order valence-corrected chi connectivity index (χ0v) is 11.9. The Hall–Kier alpha value is -2.57. The van der Waals surface area contributed by atoms with Crippen LogP contribution in [0.3, 0.4) is 0 Å². The molecule has 22 heavy (non-hydrogen) atoms. The maximum absolute atomic E-state index is 12.1. The number of rotatable bonds is 3. The van der Waals surface area contributed by atoms with E-state index in [4.69, 9.17) is 16.0 Å². The van der Waals surface area contributed by atoms with Crippen molar-refractivity contribution in [3.8, 4) is 0 Å². The number of hydrogen-bond donors (Lipinski definition) is 3. The fourth-order valence-corrected chi connectivity index (χ4v) is 2.32. The lowest BCUT2D eigenvalue weighted by Crippen LogP contribution is -2.21. The van der Waals surface area contributed by atoms with Gasteiger partial charge in [0.25, 0.3) is 5.91 Å². The van der Waals surface area contributed by atoms with Gasteiger partial charge in [-0.25, -0.2) is 4.79 Å². The molecule has 0 fully saturated rings. The van der Waals surface area contributed by atoms with Gasteiger partial charge >= 0.3 is 5.76 Å². The van der Waals surface area contributed by atoms with Crippen molar-refractivity contribution >= 4 is 34.3 Å². The van der Waals surface area contributed by atoms with Crippen LogP contribution in [0.5, 0.6) is 0 Å². The Morgan fingerprint density at radius 3 is 2.82 bits per heavy atom. The number of aliphatic hydroxyl groups excluding tert-OH is 1. The van der Waals surface area contributed by atoms with Crippen LogP contribution in [0, 0.1) is 0 Å². The van der Waals surface area contributed by atoms with Crippen LogP contribution in [0.2, 0.25) is 5.02 Å². The second-order valence-corrected chi connectivity index (χ2v) is 5.05. The molecule has 1 aromatic heterocycles. The number of carbonyl (C=O) groups is 1. The van der Waals surface area contributed by atoms with Gasteiger partial charge in [0.1, 0.15) is 0 Å². The monoisotopic (exact) mass is 318 g/mol. The van der Waals surface area contributed by atoms with Crippen molar-refractivity contribution in [3.63, 3.8) is 0 Å². The van der Waals surface area contributed by atoms with Crippen molar-refractivity contribution in [1.82, 2.24) is 4.98 Å². The molecule has 0 spiro atoms. The van der Waals surface area contributed by atoms with Gasteiger partial charge in [-0.2, -0.15) is 0 Å². The van der Waals surface area contributed by atoms with Crippen LogP contribution in [0.15, 0.2) is 51.7 Å². The second kappa shape index (κ2) is 5.67. The van der Waals surface area contributed by atoms with E-state index in [-0.39, 0.29) is 0 Å². The zero-order valence-electron chi connectivity index (χ0n) is 11.2. The molecule has 0 saturated carbocycles. The van der Waals surface area contributed by atoms with Gasteiger partial charge in [-0.1, -0.05) is 29.8 Å². The lowest BCUT2D eigenvalue weighted by atomic mass is 10.1. The number of hydrogen-bond acceptors (Lipinski definition) is 4. The van der Waals surface area contributed by atoms with Gasteiger partial charge in [0.2, 0.25) is 0 Å². The lowest BCUT2D eigenvalue weighted by molar-refractivity contribution is -0.124. The Morgan fingerprint density at radius 1 is 1.27 bits per heavy atom. The summed E-state index contributed by atoms with van der Waals surface area (Å²) in [4.78, 5) is 25.7. The minimum absolute atomic E-state index is 0.305. The highest BCUT2D eigenvalue weighted by Gasteiger charge is 2.20. The predicted octanol–water partition coefficient (Wildman–Crippen LogP) is 2.45. The summed E-state index contributed by atoms with van der Waals surface area (Å²) >= 11 is 5.95. The third-order valence-corrected chi connectivity index (χ3v) is 3.48. The summed E-state index contributed by atoms with van der Waals surface area (Å²) in [7, 11) is 0. The Kier molecular flexibility index (Phi) is 3.70. The Labute approximate surface area is 129 Å². The van der Waals surface area contributed by atoms with E-state index in [0.717, 1.165) is 0 Å². The molecule has 3 N–H and O–H groups in total. The predicted molar refractivity (Wildman–Crippen MR) is 81.9 cm³/mol. The Morgan fingerprint density at radius 2 is 2.05 bits per heavy atom. The van der Waals surface area contributed by atoms with Crippen LogP contribution < -0.4 is 11.1 Å². The first-order valence-corrected chi connectivity index (χ1v) is 6.78. The molecule has 2 aromatic carbocycles. The van der Waals surface area contributed by atoms with Gasteiger partial charge in [-0.15, -0.1) is 0 Å². The van der Waals surface area contributed by atoms with Gasteiger partial charge in [0.15, 0.2) is 11.7 Å². The summed E-state index contributed by atoms with van der Waals surface area (Å²) in [5.74, 6) is -1.20. The molecule has 0 bridgehead atoms. The van der Waals surface area contributed by atoms with Gasteiger partial charge in [0.05, 0.1) is 5.52 Å². The molecule has 112 valence electrons. The second-order valence-electron chi connectivity index (χ2n) is 4.64. The largest absolute Gasteiger partial charge is 0.417 e. The first-order chi connectivity index (χ1) is 10.5.